The van der Waals surface area contributed by atoms with Crippen LogP contribution >= 0.6 is 0 Å². The summed E-state index contributed by atoms with van der Waals surface area (Å²) in [6, 6.07) is 6.27. The van der Waals surface area contributed by atoms with E-state index >= 15 is 0 Å². The first-order valence-electron chi connectivity index (χ1n) is 11.8. The molecule has 3 amide bonds. The summed E-state index contributed by atoms with van der Waals surface area (Å²) >= 11 is 0. The highest BCUT2D eigenvalue weighted by Gasteiger charge is 2.43. The fourth-order valence-corrected chi connectivity index (χ4v) is 5.14. The summed E-state index contributed by atoms with van der Waals surface area (Å²) in [5, 5.41) is 0. The number of amides is 3. The Balaban J connectivity index is 2.15. The number of piperazine rings is 1. The van der Waals surface area contributed by atoms with Crippen LogP contribution in [-0.4, -0.2) is 76.1 Å². The van der Waals surface area contributed by atoms with Crippen molar-refractivity contribution in [1.29, 1.82) is 0 Å². The van der Waals surface area contributed by atoms with Crippen LogP contribution in [0.2, 0.25) is 0 Å². The lowest BCUT2D eigenvalue weighted by atomic mass is 9.98. The molecule has 2 aromatic carbocycles. The number of aryl methyl sites for hydroxylation is 1. The molecule has 206 valence electrons. The van der Waals surface area contributed by atoms with Crippen molar-refractivity contribution in [3.05, 3.63) is 47.0 Å². The normalized spacial score (nSPS) is 16.1. The summed E-state index contributed by atoms with van der Waals surface area (Å²) in [6.45, 7) is 6.33. The summed E-state index contributed by atoms with van der Waals surface area (Å²) in [6.07, 6.45) is -1.77. The quantitative estimate of drug-likeness (QED) is 0.457. The van der Waals surface area contributed by atoms with Crippen LogP contribution in [-0.2, 0) is 30.9 Å². The molecular formula is C26H32N2O9S. The average molecular weight is 549 g/mol. The Morgan fingerprint density at radius 2 is 1.68 bits per heavy atom. The zero-order valence-corrected chi connectivity index (χ0v) is 23.2. The highest BCUT2D eigenvalue weighted by molar-refractivity contribution is 7.87. The third-order valence-electron chi connectivity index (χ3n) is 5.99. The number of benzene rings is 2. The van der Waals surface area contributed by atoms with E-state index in [-0.39, 0.29) is 46.2 Å². The number of imide groups is 1. The summed E-state index contributed by atoms with van der Waals surface area (Å²) in [5.41, 5.74) is 1.36. The van der Waals surface area contributed by atoms with E-state index in [1.54, 1.807) is 32.9 Å². The summed E-state index contributed by atoms with van der Waals surface area (Å²) in [5.74, 6) is -0.780. The number of likely N-dealkylation sites (N-methyl/N-ethyl adjacent to an activating group) is 1. The van der Waals surface area contributed by atoms with Gasteiger partial charge in [0.25, 0.3) is 5.91 Å². The Morgan fingerprint density at radius 3 is 2.24 bits per heavy atom. The minimum atomic E-state index is -4.31. The summed E-state index contributed by atoms with van der Waals surface area (Å²) in [4.78, 5) is 40.8. The van der Waals surface area contributed by atoms with Gasteiger partial charge in [-0.05, 0) is 45.9 Å². The van der Waals surface area contributed by atoms with Crippen LogP contribution in [0.3, 0.4) is 0 Å². The first kappa shape index (κ1) is 28.8. The lowest BCUT2D eigenvalue weighted by Crippen LogP contribution is -2.61. The SMILES string of the molecule is COc1cc(CC2C(=O)N(C)CC(=O)N2C(=O)OC(C)C)c(OS(=O)(=O)c2ccc(C)cc2)c(C)c1OC. The molecule has 0 radical (unpaired) electrons. The molecule has 2 aromatic rings. The maximum atomic E-state index is 13.2. The number of hydrogen-bond donors (Lipinski definition) is 0. The number of rotatable bonds is 8. The van der Waals surface area contributed by atoms with Gasteiger partial charge < -0.3 is 23.3 Å². The fraction of sp³-hybridized carbons (Fsp3) is 0.423. The van der Waals surface area contributed by atoms with Gasteiger partial charge >= 0.3 is 16.2 Å². The molecule has 1 fully saturated rings. The molecule has 12 heteroatoms. The molecule has 3 rings (SSSR count). The molecule has 0 aliphatic carbocycles. The summed E-state index contributed by atoms with van der Waals surface area (Å²) in [7, 11) is -0.0669. The van der Waals surface area contributed by atoms with Gasteiger partial charge in [-0.3, -0.25) is 9.59 Å². The van der Waals surface area contributed by atoms with Crippen LogP contribution in [0.4, 0.5) is 4.79 Å². The zero-order chi connectivity index (χ0) is 28.4. The monoisotopic (exact) mass is 548 g/mol. The third-order valence-corrected chi connectivity index (χ3v) is 7.22. The van der Waals surface area contributed by atoms with Crippen LogP contribution < -0.4 is 13.7 Å². The van der Waals surface area contributed by atoms with Crippen molar-refractivity contribution in [1.82, 2.24) is 9.80 Å². The van der Waals surface area contributed by atoms with Crippen molar-refractivity contribution in [3.8, 4) is 17.2 Å². The molecule has 0 bridgehead atoms. The maximum Gasteiger partial charge on any atom is 0.417 e. The Kier molecular flexibility index (Phi) is 8.55. The lowest BCUT2D eigenvalue weighted by Gasteiger charge is -2.37. The largest absolute Gasteiger partial charge is 0.493 e. The number of methoxy groups -OCH3 is 2. The molecule has 0 saturated carbocycles. The molecule has 1 unspecified atom stereocenters. The van der Waals surface area contributed by atoms with E-state index in [9.17, 15) is 22.8 Å². The molecule has 0 spiro atoms. The molecular weight excluding hydrogens is 516 g/mol. The average Bonchev–Trinajstić information content (AvgIpc) is 2.83. The van der Waals surface area contributed by atoms with Crippen LogP contribution in [0.1, 0.15) is 30.5 Å². The van der Waals surface area contributed by atoms with E-state index in [2.05, 4.69) is 0 Å². The van der Waals surface area contributed by atoms with Crippen molar-refractivity contribution >= 4 is 28.0 Å². The Morgan fingerprint density at radius 1 is 1.05 bits per heavy atom. The Bertz CT molecular complexity index is 1340. The van der Waals surface area contributed by atoms with E-state index < -0.39 is 40.2 Å². The van der Waals surface area contributed by atoms with Crippen LogP contribution in [0, 0.1) is 13.8 Å². The topological polar surface area (TPSA) is 129 Å². The molecule has 1 aliphatic rings. The molecule has 1 saturated heterocycles. The second-order valence-electron chi connectivity index (χ2n) is 9.19. The van der Waals surface area contributed by atoms with E-state index in [0.717, 1.165) is 10.5 Å². The number of hydrogen-bond acceptors (Lipinski definition) is 9. The second-order valence-corrected chi connectivity index (χ2v) is 10.7. The van der Waals surface area contributed by atoms with Gasteiger partial charge in [-0.1, -0.05) is 17.7 Å². The minimum Gasteiger partial charge on any atom is -0.493 e. The number of carbonyl (C=O) groups excluding carboxylic acids is 3. The van der Waals surface area contributed by atoms with Crippen molar-refractivity contribution < 1.29 is 41.2 Å². The van der Waals surface area contributed by atoms with E-state index in [0.29, 0.717) is 0 Å². The van der Waals surface area contributed by atoms with Crippen molar-refractivity contribution in [2.24, 2.45) is 0 Å². The van der Waals surface area contributed by atoms with Gasteiger partial charge in [0.2, 0.25) is 5.91 Å². The van der Waals surface area contributed by atoms with Gasteiger partial charge in [0.1, 0.15) is 17.5 Å². The van der Waals surface area contributed by atoms with E-state index in [1.165, 1.54) is 44.4 Å². The summed E-state index contributed by atoms with van der Waals surface area (Å²) < 4.78 is 48.1. The van der Waals surface area contributed by atoms with E-state index in [1.807, 2.05) is 6.92 Å². The number of ether oxygens (including phenoxy) is 3. The smallest absolute Gasteiger partial charge is 0.417 e. The lowest BCUT2D eigenvalue weighted by molar-refractivity contribution is -0.152. The molecule has 1 heterocycles. The van der Waals surface area contributed by atoms with Crippen molar-refractivity contribution in [2.75, 3.05) is 27.8 Å². The number of nitrogens with zero attached hydrogens (tertiary/aromatic N) is 2. The maximum absolute atomic E-state index is 13.2. The second kappa shape index (κ2) is 11.3. The fourth-order valence-electron chi connectivity index (χ4n) is 4.12. The molecule has 0 N–H and O–H groups in total. The van der Waals surface area contributed by atoms with Crippen molar-refractivity contribution in [2.45, 2.75) is 51.2 Å². The third kappa shape index (κ3) is 5.85. The molecule has 1 aliphatic heterocycles. The van der Waals surface area contributed by atoms with Crippen LogP contribution in [0.25, 0.3) is 0 Å². The van der Waals surface area contributed by atoms with Crippen LogP contribution in [0.15, 0.2) is 35.2 Å². The molecule has 1 atom stereocenters. The van der Waals surface area contributed by atoms with Crippen molar-refractivity contribution in [3.63, 3.8) is 0 Å². The molecule has 11 nitrogen and oxygen atoms in total. The highest BCUT2D eigenvalue weighted by Crippen LogP contribution is 2.42. The van der Waals surface area contributed by atoms with Crippen LogP contribution in [0.5, 0.6) is 17.2 Å². The number of carbonyl (C=O) groups is 3. The van der Waals surface area contributed by atoms with Gasteiger partial charge in [0.05, 0.1) is 20.3 Å². The van der Waals surface area contributed by atoms with Gasteiger partial charge in [0.15, 0.2) is 17.2 Å². The first-order chi connectivity index (χ1) is 17.8. The van der Waals surface area contributed by atoms with E-state index in [4.69, 9.17) is 18.4 Å². The van der Waals surface area contributed by atoms with Gasteiger partial charge in [0, 0.05) is 24.6 Å². The molecule has 38 heavy (non-hydrogen) atoms. The standard InChI is InChI=1S/C26H32N2O9S/c1-15(2)36-26(31)28-20(25(30)27(5)14-22(28)29)12-18-13-21(34-6)24(35-7)17(4)23(18)37-38(32,33)19-10-8-16(3)9-11-19/h8-11,13,15,20H,12,14H2,1-7H3. The first-order valence-corrected chi connectivity index (χ1v) is 13.2. The zero-order valence-electron chi connectivity index (χ0n) is 22.4. The Labute approximate surface area is 222 Å². The Hall–Kier alpha value is -3.80. The predicted molar refractivity (Wildman–Crippen MR) is 137 cm³/mol. The molecule has 0 aromatic heterocycles. The predicted octanol–water partition coefficient (Wildman–Crippen LogP) is 2.85. The highest BCUT2D eigenvalue weighted by atomic mass is 32.2. The van der Waals surface area contributed by atoms with Gasteiger partial charge in [-0.25, -0.2) is 9.69 Å². The van der Waals surface area contributed by atoms with Gasteiger partial charge in [-0.15, -0.1) is 0 Å². The minimum absolute atomic E-state index is 0.0750. The van der Waals surface area contributed by atoms with Gasteiger partial charge in [-0.2, -0.15) is 8.42 Å².